The average Bonchev–Trinajstić information content (AvgIpc) is 2.60. The number of halogens is 3. The average molecular weight is 428 g/mol. The number of hydrogen-bond acceptors (Lipinski definition) is 5. The fourth-order valence-electron chi connectivity index (χ4n) is 2.00. The molecule has 0 aromatic heterocycles. The summed E-state index contributed by atoms with van der Waals surface area (Å²) in [5, 5.41) is 15.3. The number of hydrogen-bond donors (Lipinski definition) is 5. The minimum atomic E-state index is -5.08. The van der Waals surface area contributed by atoms with E-state index in [2.05, 4.69) is 22.9 Å². The van der Waals surface area contributed by atoms with E-state index in [9.17, 15) is 27.6 Å². The van der Waals surface area contributed by atoms with Crippen LogP contribution in [-0.4, -0.2) is 61.2 Å². The summed E-state index contributed by atoms with van der Waals surface area (Å²) >= 11 is 0. The van der Waals surface area contributed by atoms with E-state index < -0.39 is 24.1 Å². The molecule has 12 heteroatoms. The minimum absolute atomic E-state index is 0.188. The molecule has 0 aliphatic rings. The number of rotatable bonds is 13. The first-order chi connectivity index (χ1) is 13.4. The molecular formula is C17H31F3N4O5. The fourth-order valence-corrected chi connectivity index (χ4v) is 2.00. The summed E-state index contributed by atoms with van der Waals surface area (Å²) < 4.78 is 31.7. The van der Waals surface area contributed by atoms with Crippen LogP contribution in [0.1, 0.15) is 51.9 Å². The second-order valence-corrected chi connectivity index (χ2v) is 6.15. The highest BCUT2D eigenvalue weighted by Gasteiger charge is 2.38. The quantitative estimate of drug-likeness (QED) is 0.272. The molecule has 0 aromatic carbocycles. The number of likely N-dealkylation sites (N-methyl/N-ethyl adjacent to an activating group) is 1. The number of alkyl halides is 3. The van der Waals surface area contributed by atoms with E-state index in [1.165, 1.54) is 6.42 Å². The second kappa shape index (κ2) is 16.6. The van der Waals surface area contributed by atoms with E-state index >= 15 is 0 Å². The summed E-state index contributed by atoms with van der Waals surface area (Å²) in [5.41, 5.74) is 5.13. The molecule has 0 bridgehead atoms. The van der Waals surface area contributed by atoms with Gasteiger partial charge in [-0.1, -0.05) is 32.6 Å². The lowest BCUT2D eigenvalue weighted by Gasteiger charge is -2.17. The third kappa shape index (κ3) is 18.7. The summed E-state index contributed by atoms with van der Waals surface area (Å²) in [6.45, 7) is 3.17. The molecule has 0 aromatic rings. The van der Waals surface area contributed by atoms with E-state index in [0.717, 1.165) is 25.7 Å². The number of primary amides is 1. The maximum Gasteiger partial charge on any atom is 0.490 e. The van der Waals surface area contributed by atoms with Gasteiger partial charge in [0.2, 0.25) is 17.7 Å². The molecule has 9 nitrogen and oxygen atoms in total. The first kappa shape index (κ1) is 28.8. The SMILES string of the molecule is CCCCCCCC(=O)N[C@H](CC(N)=O)C(=O)NCCNC.O=C(O)C(F)(F)F. The molecule has 0 spiro atoms. The molecule has 0 saturated heterocycles. The summed E-state index contributed by atoms with van der Waals surface area (Å²) in [5.74, 6) is -3.97. The summed E-state index contributed by atoms with van der Waals surface area (Å²) in [4.78, 5) is 43.7. The van der Waals surface area contributed by atoms with Crippen molar-refractivity contribution in [3.8, 4) is 0 Å². The molecule has 0 saturated carbocycles. The maximum absolute atomic E-state index is 11.9. The van der Waals surface area contributed by atoms with Crippen LogP contribution in [0.3, 0.4) is 0 Å². The van der Waals surface area contributed by atoms with E-state index in [0.29, 0.717) is 19.5 Å². The van der Waals surface area contributed by atoms with E-state index in [4.69, 9.17) is 15.6 Å². The lowest BCUT2D eigenvalue weighted by Crippen LogP contribution is -2.49. The first-order valence-electron chi connectivity index (χ1n) is 9.25. The van der Waals surface area contributed by atoms with E-state index in [-0.39, 0.29) is 18.2 Å². The Kier molecular flexibility index (Phi) is 16.5. The van der Waals surface area contributed by atoms with Gasteiger partial charge in [-0.25, -0.2) is 4.79 Å². The van der Waals surface area contributed by atoms with Gasteiger partial charge in [-0.2, -0.15) is 13.2 Å². The monoisotopic (exact) mass is 428 g/mol. The lowest BCUT2D eigenvalue weighted by molar-refractivity contribution is -0.192. The number of carbonyl (C=O) groups excluding carboxylic acids is 3. The Morgan fingerprint density at radius 2 is 1.59 bits per heavy atom. The predicted molar refractivity (Wildman–Crippen MR) is 99.7 cm³/mol. The number of nitrogens with one attached hydrogen (secondary N) is 3. The Hall–Kier alpha value is -2.37. The van der Waals surface area contributed by atoms with Gasteiger partial charge in [-0.3, -0.25) is 14.4 Å². The van der Waals surface area contributed by atoms with Crippen LogP contribution >= 0.6 is 0 Å². The highest BCUT2D eigenvalue weighted by molar-refractivity contribution is 5.91. The van der Waals surface area contributed by atoms with Crippen LogP contribution < -0.4 is 21.7 Å². The third-order valence-corrected chi connectivity index (χ3v) is 3.48. The minimum Gasteiger partial charge on any atom is -0.475 e. The van der Waals surface area contributed by atoms with Crippen LogP contribution in [0.25, 0.3) is 0 Å². The van der Waals surface area contributed by atoms with Gasteiger partial charge in [-0.05, 0) is 13.5 Å². The van der Waals surface area contributed by atoms with Gasteiger partial charge < -0.3 is 26.8 Å². The number of carboxylic acid groups (broad SMARTS) is 1. The van der Waals surface area contributed by atoms with Crippen LogP contribution in [0.2, 0.25) is 0 Å². The predicted octanol–water partition coefficient (Wildman–Crippen LogP) is 0.676. The molecule has 0 fully saturated rings. The van der Waals surface area contributed by atoms with Gasteiger partial charge in [0.05, 0.1) is 6.42 Å². The highest BCUT2D eigenvalue weighted by Crippen LogP contribution is 2.13. The lowest BCUT2D eigenvalue weighted by atomic mass is 10.1. The number of nitrogens with two attached hydrogens (primary N) is 1. The molecule has 0 heterocycles. The van der Waals surface area contributed by atoms with Gasteiger partial charge in [0.1, 0.15) is 6.04 Å². The molecule has 6 N–H and O–H groups in total. The zero-order chi connectivity index (χ0) is 22.9. The summed E-state index contributed by atoms with van der Waals surface area (Å²) in [6, 6.07) is -0.891. The van der Waals surface area contributed by atoms with Crippen LogP contribution in [-0.2, 0) is 19.2 Å². The number of amides is 3. The summed E-state index contributed by atoms with van der Waals surface area (Å²) in [6.07, 6.45) is 0.306. The largest absolute Gasteiger partial charge is 0.490 e. The van der Waals surface area contributed by atoms with Crippen molar-refractivity contribution < 1.29 is 37.5 Å². The van der Waals surface area contributed by atoms with Crippen LogP contribution in [0.4, 0.5) is 13.2 Å². The van der Waals surface area contributed by atoms with Crippen molar-refractivity contribution in [2.24, 2.45) is 5.73 Å². The topological polar surface area (TPSA) is 151 Å². The molecule has 0 radical (unpaired) electrons. The molecule has 0 rings (SSSR count). The Morgan fingerprint density at radius 3 is 2.03 bits per heavy atom. The molecule has 170 valence electrons. The zero-order valence-electron chi connectivity index (χ0n) is 16.7. The standard InChI is InChI=1S/C15H30N4O3.C2HF3O2/c1-3-4-5-6-7-8-14(21)19-12(11-13(16)20)15(22)18-10-9-17-2;3-2(4,5)1(6)7/h12,17H,3-11H2,1-2H3,(H2,16,20)(H,18,22)(H,19,21);(H,6,7)/t12-;/m1./s1. The maximum atomic E-state index is 11.9. The van der Waals surface area contributed by atoms with Crippen molar-refractivity contribution in [1.29, 1.82) is 0 Å². The van der Waals surface area contributed by atoms with Crippen LogP contribution in [0, 0.1) is 0 Å². The Labute approximate surface area is 168 Å². The molecule has 1 atom stereocenters. The van der Waals surface area contributed by atoms with Crippen molar-refractivity contribution in [3.05, 3.63) is 0 Å². The van der Waals surface area contributed by atoms with Gasteiger partial charge in [-0.15, -0.1) is 0 Å². The molecule has 29 heavy (non-hydrogen) atoms. The molecule has 0 aliphatic carbocycles. The fraction of sp³-hybridized carbons (Fsp3) is 0.765. The normalized spacial score (nSPS) is 11.6. The van der Waals surface area contributed by atoms with Crippen molar-refractivity contribution in [2.75, 3.05) is 20.1 Å². The van der Waals surface area contributed by atoms with Crippen molar-refractivity contribution in [1.82, 2.24) is 16.0 Å². The number of carboxylic acids is 1. The van der Waals surface area contributed by atoms with E-state index in [1.807, 2.05) is 0 Å². The molecular weight excluding hydrogens is 397 g/mol. The Balaban J connectivity index is 0. The second-order valence-electron chi connectivity index (χ2n) is 6.15. The Bertz CT molecular complexity index is 516. The highest BCUT2D eigenvalue weighted by atomic mass is 19.4. The van der Waals surface area contributed by atoms with Crippen molar-refractivity contribution >= 4 is 23.7 Å². The molecule has 0 unspecified atom stereocenters. The smallest absolute Gasteiger partial charge is 0.475 e. The first-order valence-corrected chi connectivity index (χ1v) is 9.25. The van der Waals surface area contributed by atoms with E-state index in [1.54, 1.807) is 7.05 Å². The number of unbranched alkanes of at least 4 members (excludes halogenated alkanes) is 4. The van der Waals surface area contributed by atoms with Crippen LogP contribution in [0.5, 0.6) is 0 Å². The van der Waals surface area contributed by atoms with Gasteiger partial charge in [0.25, 0.3) is 0 Å². The molecule has 0 aliphatic heterocycles. The zero-order valence-corrected chi connectivity index (χ0v) is 16.7. The molecule has 3 amide bonds. The number of carbonyl (C=O) groups is 4. The van der Waals surface area contributed by atoms with Gasteiger partial charge in [0, 0.05) is 19.5 Å². The van der Waals surface area contributed by atoms with Crippen LogP contribution in [0.15, 0.2) is 0 Å². The van der Waals surface area contributed by atoms with Gasteiger partial charge >= 0.3 is 12.1 Å². The number of aliphatic carboxylic acids is 1. The summed E-state index contributed by atoms with van der Waals surface area (Å²) in [7, 11) is 1.77. The van der Waals surface area contributed by atoms with Gasteiger partial charge in [0.15, 0.2) is 0 Å². The van der Waals surface area contributed by atoms with Crippen molar-refractivity contribution in [2.45, 2.75) is 64.1 Å². The Morgan fingerprint density at radius 1 is 1.03 bits per heavy atom. The third-order valence-electron chi connectivity index (χ3n) is 3.48. The van der Waals surface area contributed by atoms with Crippen molar-refractivity contribution in [3.63, 3.8) is 0 Å².